The number of rotatable bonds is 5. The van der Waals surface area contributed by atoms with Crippen LogP contribution in [0.4, 0.5) is 0 Å². The lowest BCUT2D eigenvalue weighted by Gasteiger charge is -2.37. The number of nitrogens with one attached hydrogen (secondary N) is 1. The summed E-state index contributed by atoms with van der Waals surface area (Å²) >= 11 is 0. The van der Waals surface area contributed by atoms with E-state index in [4.69, 9.17) is 4.74 Å². The number of nitrogens with zero attached hydrogens (tertiary/aromatic N) is 2. The summed E-state index contributed by atoms with van der Waals surface area (Å²) in [7, 11) is 5.06. The Morgan fingerprint density at radius 2 is 2.16 bits per heavy atom. The van der Waals surface area contributed by atoms with Crippen LogP contribution in [0.15, 0.2) is 0 Å². The fourth-order valence-electron chi connectivity index (χ4n) is 2.28. The normalized spacial score (nSPS) is 21.1. The zero-order chi connectivity index (χ0) is 14.4. The van der Waals surface area contributed by atoms with Gasteiger partial charge in [-0.2, -0.15) is 0 Å². The van der Waals surface area contributed by atoms with Gasteiger partial charge >= 0.3 is 0 Å². The summed E-state index contributed by atoms with van der Waals surface area (Å²) in [5, 5.41) is 3.17. The van der Waals surface area contributed by atoms with Crippen molar-refractivity contribution < 1.29 is 14.3 Å². The minimum absolute atomic E-state index is 0.0278. The van der Waals surface area contributed by atoms with Crippen LogP contribution in [0.5, 0.6) is 0 Å². The predicted molar refractivity (Wildman–Crippen MR) is 72.7 cm³/mol. The van der Waals surface area contributed by atoms with E-state index in [0.29, 0.717) is 26.1 Å². The molecule has 1 N–H and O–H groups in total. The maximum absolute atomic E-state index is 12.3. The van der Waals surface area contributed by atoms with Crippen LogP contribution in [0.3, 0.4) is 0 Å². The van der Waals surface area contributed by atoms with Crippen molar-refractivity contribution in [2.24, 2.45) is 5.92 Å². The third-order valence-electron chi connectivity index (χ3n) is 3.26. The first kappa shape index (κ1) is 15.9. The highest BCUT2D eigenvalue weighted by Crippen LogP contribution is 2.12. The van der Waals surface area contributed by atoms with Gasteiger partial charge in [0.1, 0.15) is 6.04 Å². The van der Waals surface area contributed by atoms with Gasteiger partial charge in [-0.25, -0.2) is 0 Å². The highest BCUT2D eigenvalue weighted by molar-refractivity contribution is 5.88. The molecule has 110 valence electrons. The van der Waals surface area contributed by atoms with E-state index in [1.54, 1.807) is 26.1 Å². The van der Waals surface area contributed by atoms with Crippen molar-refractivity contribution >= 4 is 11.8 Å². The van der Waals surface area contributed by atoms with Crippen molar-refractivity contribution in [2.75, 3.05) is 47.4 Å². The molecule has 1 heterocycles. The van der Waals surface area contributed by atoms with Gasteiger partial charge in [0.25, 0.3) is 0 Å². The third kappa shape index (κ3) is 4.47. The molecule has 0 aliphatic carbocycles. The number of hydrogen-bond acceptors (Lipinski definition) is 4. The van der Waals surface area contributed by atoms with Crippen molar-refractivity contribution in [1.29, 1.82) is 0 Å². The molecule has 2 amide bonds. The Hall–Kier alpha value is -1.14. The molecule has 0 aromatic heterocycles. The van der Waals surface area contributed by atoms with E-state index in [2.05, 4.69) is 5.32 Å². The monoisotopic (exact) mass is 271 g/mol. The molecule has 0 aromatic carbocycles. The smallest absolute Gasteiger partial charge is 0.246 e. The quantitative estimate of drug-likeness (QED) is 0.735. The van der Waals surface area contributed by atoms with Gasteiger partial charge in [0.05, 0.1) is 0 Å². The topological polar surface area (TPSA) is 61.9 Å². The van der Waals surface area contributed by atoms with Gasteiger partial charge in [-0.1, -0.05) is 6.92 Å². The second-order valence-corrected chi connectivity index (χ2v) is 5.30. The molecule has 1 aliphatic rings. The van der Waals surface area contributed by atoms with E-state index < -0.39 is 0 Å². The molecule has 0 radical (unpaired) electrons. The number of piperazine rings is 1. The molecule has 0 bridgehead atoms. The zero-order valence-electron chi connectivity index (χ0n) is 12.3. The van der Waals surface area contributed by atoms with Crippen molar-refractivity contribution in [3.05, 3.63) is 0 Å². The second-order valence-electron chi connectivity index (χ2n) is 5.30. The first-order chi connectivity index (χ1) is 8.97. The van der Waals surface area contributed by atoms with Crippen LogP contribution in [0.1, 0.15) is 13.3 Å². The average Bonchev–Trinajstić information content (AvgIpc) is 2.37. The summed E-state index contributed by atoms with van der Waals surface area (Å²) in [4.78, 5) is 27.6. The van der Waals surface area contributed by atoms with Crippen LogP contribution in [0.25, 0.3) is 0 Å². The lowest BCUT2D eigenvalue weighted by Crippen LogP contribution is -2.59. The molecule has 1 aliphatic heterocycles. The Kier molecular flexibility index (Phi) is 6.24. The Balaban J connectivity index is 2.66. The summed E-state index contributed by atoms with van der Waals surface area (Å²) in [5.74, 6) is 0.175. The molecular weight excluding hydrogens is 246 g/mol. The molecule has 2 atom stereocenters. The molecule has 6 nitrogen and oxygen atoms in total. The van der Waals surface area contributed by atoms with Gasteiger partial charge < -0.3 is 19.9 Å². The minimum Gasteiger partial charge on any atom is -0.384 e. The molecule has 1 saturated heterocycles. The maximum atomic E-state index is 12.3. The summed E-state index contributed by atoms with van der Waals surface area (Å²) < 4.78 is 5.05. The highest BCUT2D eigenvalue weighted by atomic mass is 16.5. The SMILES string of the molecule is COCC(C)CC(=O)N1CCNCC1C(=O)N(C)C. The average molecular weight is 271 g/mol. The molecule has 0 aromatic rings. The second kappa shape index (κ2) is 7.45. The fraction of sp³-hybridized carbons (Fsp3) is 0.846. The van der Waals surface area contributed by atoms with Gasteiger partial charge in [0.15, 0.2) is 0 Å². The Morgan fingerprint density at radius 3 is 2.74 bits per heavy atom. The minimum atomic E-state index is -0.383. The van der Waals surface area contributed by atoms with E-state index in [1.807, 2.05) is 6.92 Å². The zero-order valence-corrected chi connectivity index (χ0v) is 12.3. The summed E-state index contributed by atoms with van der Waals surface area (Å²) in [6.45, 7) is 4.39. The summed E-state index contributed by atoms with van der Waals surface area (Å²) in [6, 6.07) is -0.383. The lowest BCUT2D eigenvalue weighted by atomic mass is 10.1. The molecule has 0 spiro atoms. The van der Waals surface area contributed by atoms with Crippen LogP contribution in [-0.4, -0.2) is 75.1 Å². The van der Waals surface area contributed by atoms with Crippen LogP contribution in [0, 0.1) is 5.92 Å². The number of likely N-dealkylation sites (N-methyl/N-ethyl adjacent to an activating group) is 1. The van der Waals surface area contributed by atoms with E-state index >= 15 is 0 Å². The largest absolute Gasteiger partial charge is 0.384 e. The number of hydrogen-bond donors (Lipinski definition) is 1. The molecule has 1 rings (SSSR count). The molecule has 2 unspecified atom stereocenters. The van der Waals surface area contributed by atoms with Crippen molar-refractivity contribution in [2.45, 2.75) is 19.4 Å². The van der Waals surface area contributed by atoms with Crippen molar-refractivity contribution in [1.82, 2.24) is 15.1 Å². The van der Waals surface area contributed by atoms with Crippen LogP contribution in [-0.2, 0) is 14.3 Å². The molecule has 19 heavy (non-hydrogen) atoms. The van der Waals surface area contributed by atoms with Gasteiger partial charge in [0, 0.05) is 53.9 Å². The fourth-order valence-corrected chi connectivity index (χ4v) is 2.28. The van der Waals surface area contributed by atoms with Crippen LogP contribution in [0.2, 0.25) is 0 Å². The molecule has 1 fully saturated rings. The Bertz CT molecular complexity index is 320. The number of ether oxygens (including phenoxy) is 1. The van der Waals surface area contributed by atoms with Crippen molar-refractivity contribution in [3.63, 3.8) is 0 Å². The van der Waals surface area contributed by atoms with Gasteiger partial charge in [0.2, 0.25) is 11.8 Å². The standard InChI is InChI=1S/C13H25N3O3/c1-10(9-19-4)7-12(17)16-6-5-14-8-11(16)13(18)15(2)3/h10-11,14H,5-9H2,1-4H3. The number of amides is 2. The molecule has 6 heteroatoms. The lowest BCUT2D eigenvalue weighted by molar-refractivity contribution is -0.146. The number of carbonyl (C=O) groups is 2. The maximum Gasteiger partial charge on any atom is 0.246 e. The van der Waals surface area contributed by atoms with Crippen LogP contribution >= 0.6 is 0 Å². The van der Waals surface area contributed by atoms with E-state index in [-0.39, 0.29) is 23.8 Å². The first-order valence-electron chi connectivity index (χ1n) is 6.67. The number of methoxy groups -OCH3 is 1. The first-order valence-corrected chi connectivity index (χ1v) is 6.67. The highest BCUT2D eigenvalue weighted by Gasteiger charge is 2.33. The van der Waals surface area contributed by atoms with Crippen LogP contribution < -0.4 is 5.32 Å². The van der Waals surface area contributed by atoms with E-state index in [9.17, 15) is 9.59 Å². The Morgan fingerprint density at radius 1 is 1.47 bits per heavy atom. The molecular formula is C13H25N3O3. The van der Waals surface area contributed by atoms with Gasteiger partial charge in [-0.3, -0.25) is 9.59 Å². The summed E-state index contributed by atoms with van der Waals surface area (Å²) in [6.07, 6.45) is 0.422. The van der Waals surface area contributed by atoms with Crippen molar-refractivity contribution in [3.8, 4) is 0 Å². The third-order valence-corrected chi connectivity index (χ3v) is 3.26. The van der Waals surface area contributed by atoms with Gasteiger partial charge in [-0.05, 0) is 5.92 Å². The molecule has 0 saturated carbocycles. The predicted octanol–water partition coefficient (Wildman–Crippen LogP) is -0.452. The Labute approximate surface area is 115 Å². The van der Waals surface area contributed by atoms with E-state index in [0.717, 1.165) is 6.54 Å². The van der Waals surface area contributed by atoms with Gasteiger partial charge in [-0.15, -0.1) is 0 Å². The van der Waals surface area contributed by atoms with E-state index in [1.165, 1.54) is 4.90 Å². The summed E-state index contributed by atoms with van der Waals surface area (Å²) in [5.41, 5.74) is 0. The number of carbonyl (C=O) groups excluding carboxylic acids is 2.